The Labute approximate surface area is 179 Å². The van der Waals surface area contributed by atoms with Gasteiger partial charge in [-0.1, -0.05) is 12.1 Å². The molecule has 0 heterocycles. The Morgan fingerprint density at radius 1 is 1.13 bits per heavy atom. The van der Waals surface area contributed by atoms with Gasteiger partial charge >= 0.3 is 0 Å². The van der Waals surface area contributed by atoms with Gasteiger partial charge in [0, 0.05) is 11.8 Å². The number of nitrogens with two attached hydrogens (primary N) is 1. The predicted molar refractivity (Wildman–Crippen MR) is 114 cm³/mol. The lowest BCUT2D eigenvalue weighted by Crippen LogP contribution is -2.15. The molecule has 3 N–H and O–H groups in total. The second-order valence-corrected chi connectivity index (χ2v) is 8.31. The summed E-state index contributed by atoms with van der Waals surface area (Å²) in [6.45, 7) is 8.83. The van der Waals surface area contributed by atoms with Crippen LogP contribution in [0.4, 0.5) is 15.8 Å². The molecule has 0 aliphatic rings. The Kier molecular flexibility index (Phi) is 6.34. The van der Waals surface area contributed by atoms with Crippen LogP contribution in [0.1, 0.15) is 11.1 Å². The maximum atomic E-state index is 13.6. The van der Waals surface area contributed by atoms with Crippen molar-refractivity contribution in [1.29, 1.82) is 0 Å². The number of primary sulfonamides is 1. The number of halogens is 1. The van der Waals surface area contributed by atoms with Crippen molar-refractivity contribution >= 4 is 27.3 Å². The molecule has 0 atom stereocenters. The van der Waals surface area contributed by atoms with E-state index in [1.54, 1.807) is 25.1 Å². The third-order valence-electron chi connectivity index (χ3n) is 4.30. The van der Waals surface area contributed by atoms with E-state index < -0.39 is 15.8 Å². The number of amides is 1. The molecule has 158 valence electrons. The number of carbonyl (C=O) groups excluding carboxylic acids is 1. The van der Waals surface area contributed by atoms with Crippen molar-refractivity contribution in [2.24, 2.45) is 5.14 Å². The minimum absolute atomic E-state index is 0.0318. The number of aryl methyl sites for hydroxylation is 1. The van der Waals surface area contributed by atoms with E-state index in [4.69, 9.17) is 16.4 Å². The summed E-state index contributed by atoms with van der Waals surface area (Å²) in [5.74, 6) is -0.278. The third kappa shape index (κ3) is 5.88. The van der Waals surface area contributed by atoms with Crippen LogP contribution in [0.3, 0.4) is 0 Å². The van der Waals surface area contributed by atoms with E-state index in [0.717, 1.165) is 11.6 Å². The molecule has 0 spiro atoms. The third-order valence-corrected chi connectivity index (χ3v) is 5.23. The van der Waals surface area contributed by atoms with Crippen molar-refractivity contribution in [3.8, 4) is 11.5 Å². The van der Waals surface area contributed by atoms with Crippen LogP contribution in [0.2, 0.25) is 0 Å². The van der Waals surface area contributed by atoms with Crippen molar-refractivity contribution in [1.82, 2.24) is 0 Å². The molecule has 0 aromatic heterocycles. The lowest BCUT2D eigenvalue weighted by Gasteiger charge is -2.12. The monoisotopic (exact) mass is 439 g/mol. The smallest absolute Gasteiger partial charge is 0.238 e. The van der Waals surface area contributed by atoms with Gasteiger partial charge in [-0.05, 0) is 60.5 Å². The van der Waals surface area contributed by atoms with Gasteiger partial charge in [0.05, 0.1) is 17.9 Å². The van der Waals surface area contributed by atoms with Crippen LogP contribution in [0.25, 0.3) is 4.85 Å². The highest BCUT2D eigenvalue weighted by atomic mass is 32.2. The molecule has 3 aromatic carbocycles. The molecule has 9 heteroatoms. The number of nitrogens with one attached hydrogen (secondary N) is 1. The maximum absolute atomic E-state index is 13.6. The van der Waals surface area contributed by atoms with Gasteiger partial charge in [-0.15, -0.1) is 0 Å². The average molecular weight is 439 g/mol. The highest BCUT2D eigenvalue weighted by Gasteiger charge is 2.11. The van der Waals surface area contributed by atoms with Crippen LogP contribution in [0.5, 0.6) is 11.5 Å². The number of ether oxygens (including phenoxy) is 1. The Bertz CT molecular complexity index is 1280. The second-order valence-electron chi connectivity index (χ2n) is 6.75. The number of rotatable bonds is 6. The molecule has 0 radical (unpaired) electrons. The Morgan fingerprint density at radius 3 is 2.48 bits per heavy atom. The molecular formula is C22H18FN3O4S. The first kappa shape index (κ1) is 22.0. The van der Waals surface area contributed by atoms with Crippen molar-refractivity contribution in [3.05, 3.63) is 89.0 Å². The van der Waals surface area contributed by atoms with Gasteiger partial charge < -0.3 is 10.1 Å². The Balaban J connectivity index is 1.72. The summed E-state index contributed by atoms with van der Waals surface area (Å²) < 4.78 is 42.0. The zero-order valence-electron chi connectivity index (χ0n) is 16.4. The molecule has 0 saturated heterocycles. The highest BCUT2D eigenvalue weighted by molar-refractivity contribution is 7.89. The predicted octanol–water partition coefficient (Wildman–Crippen LogP) is 4.31. The minimum Gasteiger partial charge on any atom is -0.458 e. The van der Waals surface area contributed by atoms with Gasteiger partial charge in [0.2, 0.25) is 15.9 Å². The largest absolute Gasteiger partial charge is 0.458 e. The van der Waals surface area contributed by atoms with E-state index in [-0.39, 0.29) is 28.7 Å². The SMILES string of the molecule is [C-]#[N+]c1cc(F)cc(Oc2cc(CC(=O)Nc3ccc(S(N)(=O)=O)cc3)ccc2C)c1. The van der Waals surface area contributed by atoms with Gasteiger partial charge in [-0.2, -0.15) is 0 Å². The van der Waals surface area contributed by atoms with Gasteiger partial charge in [-0.25, -0.2) is 22.8 Å². The summed E-state index contributed by atoms with van der Waals surface area (Å²) in [6.07, 6.45) is 0.0318. The van der Waals surface area contributed by atoms with Crippen LogP contribution in [0, 0.1) is 19.3 Å². The van der Waals surface area contributed by atoms with Gasteiger partial charge in [0.1, 0.15) is 17.3 Å². The first-order valence-corrected chi connectivity index (χ1v) is 10.6. The van der Waals surface area contributed by atoms with Crippen LogP contribution >= 0.6 is 0 Å². The lowest BCUT2D eigenvalue weighted by atomic mass is 10.1. The summed E-state index contributed by atoms with van der Waals surface area (Å²) in [7, 11) is -3.80. The maximum Gasteiger partial charge on any atom is 0.238 e. The lowest BCUT2D eigenvalue weighted by molar-refractivity contribution is -0.115. The Hall–Kier alpha value is -3.74. The van der Waals surface area contributed by atoms with Crippen LogP contribution in [-0.4, -0.2) is 14.3 Å². The molecule has 0 aliphatic heterocycles. The summed E-state index contributed by atoms with van der Waals surface area (Å²) in [5, 5.41) is 7.73. The van der Waals surface area contributed by atoms with E-state index in [0.29, 0.717) is 17.0 Å². The summed E-state index contributed by atoms with van der Waals surface area (Å²) in [4.78, 5) is 15.5. The van der Waals surface area contributed by atoms with E-state index in [2.05, 4.69) is 10.2 Å². The number of benzene rings is 3. The molecule has 3 aromatic rings. The first-order valence-electron chi connectivity index (χ1n) is 9.02. The zero-order valence-corrected chi connectivity index (χ0v) is 17.2. The highest BCUT2D eigenvalue weighted by Crippen LogP contribution is 2.30. The molecule has 31 heavy (non-hydrogen) atoms. The molecule has 7 nitrogen and oxygen atoms in total. The zero-order chi connectivity index (χ0) is 22.6. The van der Waals surface area contributed by atoms with E-state index in [1.165, 1.54) is 36.4 Å². The number of nitrogens with zero attached hydrogens (tertiary/aromatic N) is 1. The van der Waals surface area contributed by atoms with Crippen LogP contribution in [0.15, 0.2) is 65.6 Å². The van der Waals surface area contributed by atoms with Crippen LogP contribution < -0.4 is 15.2 Å². The van der Waals surface area contributed by atoms with Gasteiger partial charge in [0.15, 0.2) is 5.69 Å². The molecular weight excluding hydrogens is 421 g/mol. The first-order chi connectivity index (χ1) is 14.6. The van der Waals surface area contributed by atoms with Crippen molar-refractivity contribution < 1.29 is 22.3 Å². The van der Waals surface area contributed by atoms with Gasteiger partial charge in [-0.3, -0.25) is 4.79 Å². The fourth-order valence-corrected chi connectivity index (χ4v) is 3.30. The number of carbonyl (C=O) groups is 1. The molecule has 0 bridgehead atoms. The fraction of sp³-hybridized carbons (Fsp3) is 0.0909. The Morgan fingerprint density at radius 2 is 1.84 bits per heavy atom. The summed E-state index contributed by atoms with van der Waals surface area (Å²) in [5.41, 5.74) is 1.97. The van der Waals surface area contributed by atoms with Crippen molar-refractivity contribution in [2.75, 3.05) is 5.32 Å². The molecule has 0 aliphatic carbocycles. The molecule has 0 unspecified atom stereocenters. The van der Waals surface area contributed by atoms with Gasteiger partial charge in [0.25, 0.3) is 0 Å². The standard InChI is InChI=1S/C22H18FN3O4S/c1-14-3-4-15(9-21(14)30-19-12-16(23)11-18(13-19)25-2)10-22(27)26-17-5-7-20(8-6-17)31(24,28)29/h3-9,11-13H,10H2,1H3,(H,26,27)(H2,24,28,29). The van der Waals surface area contributed by atoms with Crippen molar-refractivity contribution in [3.63, 3.8) is 0 Å². The normalized spacial score (nSPS) is 10.9. The number of anilines is 1. The number of hydrogen-bond donors (Lipinski definition) is 2. The minimum atomic E-state index is -3.80. The fourth-order valence-electron chi connectivity index (χ4n) is 2.78. The molecule has 0 fully saturated rings. The molecule has 1 amide bonds. The van der Waals surface area contributed by atoms with E-state index in [1.807, 2.05) is 0 Å². The van der Waals surface area contributed by atoms with Crippen LogP contribution in [-0.2, 0) is 21.2 Å². The van der Waals surface area contributed by atoms with E-state index >= 15 is 0 Å². The molecule has 0 saturated carbocycles. The average Bonchev–Trinajstić information content (AvgIpc) is 2.69. The quantitative estimate of drug-likeness (QED) is 0.559. The number of hydrogen-bond acceptors (Lipinski definition) is 4. The summed E-state index contributed by atoms with van der Waals surface area (Å²) >= 11 is 0. The van der Waals surface area contributed by atoms with Crippen molar-refractivity contribution in [2.45, 2.75) is 18.2 Å². The molecule has 3 rings (SSSR count). The second kappa shape index (κ2) is 8.95. The summed E-state index contributed by atoms with van der Waals surface area (Å²) in [6, 6.07) is 14.4. The number of sulfonamides is 1. The topological polar surface area (TPSA) is 103 Å². The van der Waals surface area contributed by atoms with E-state index in [9.17, 15) is 17.6 Å².